The number of ether oxygens (including phenoxy) is 3. The Hall–Kier alpha value is -3.47. The first-order valence-corrected chi connectivity index (χ1v) is 9.66. The molecule has 11 heteroatoms. The van der Waals surface area contributed by atoms with Crippen molar-refractivity contribution in [2.24, 2.45) is 0 Å². The first kappa shape index (κ1) is 20.8. The quantitative estimate of drug-likeness (QED) is 0.507. The van der Waals surface area contributed by atoms with Gasteiger partial charge >= 0.3 is 5.69 Å². The van der Waals surface area contributed by atoms with Crippen molar-refractivity contribution in [3.63, 3.8) is 0 Å². The molecule has 1 aromatic heterocycles. The third-order valence-corrected chi connectivity index (χ3v) is 4.89. The van der Waals surface area contributed by atoms with Gasteiger partial charge in [-0.2, -0.15) is 4.98 Å². The van der Waals surface area contributed by atoms with Gasteiger partial charge in [0.1, 0.15) is 18.7 Å². The Kier molecular flexibility index (Phi) is 5.85. The number of anilines is 1. The van der Waals surface area contributed by atoms with Gasteiger partial charge in [0.15, 0.2) is 23.1 Å². The van der Waals surface area contributed by atoms with Crippen LogP contribution in [0.4, 0.5) is 14.6 Å². The molecule has 31 heavy (non-hydrogen) atoms. The van der Waals surface area contributed by atoms with Gasteiger partial charge in [-0.15, -0.1) is 0 Å². The van der Waals surface area contributed by atoms with Crippen molar-refractivity contribution in [3.8, 4) is 11.6 Å². The summed E-state index contributed by atoms with van der Waals surface area (Å²) in [6, 6.07) is 3.75. The minimum absolute atomic E-state index is 0.0617. The zero-order chi connectivity index (χ0) is 22.0. The summed E-state index contributed by atoms with van der Waals surface area (Å²) >= 11 is 0. The molecule has 1 fully saturated rings. The maximum atomic E-state index is 14.4. The van der Waals surface area contributed by atoms with Gasteiger partial charge in [0.2, 0.25) is 5.88 Å². The van der Waals surface area contributed by atoms with Gasteiger partial charge < -0.3 is 29.8 Å². The van der Waals surface area contributed by atoms with Crippen molar-refractivity contribution in [2.45, 2.75) is 25.8 Å². The highest BCUT2D eigenvalue weighted by atomic mass is 19.1. The number of rotatable bonds is 7. The van der Waals surface area contributed by atoms with Crippen molar-refractivity contribution in [3.05, 3.63) is 57.8 Å². The van der Waals surface area contributed by atoms with E-state index in [-0.39, 0.29) is 30.0 Å². The molecule has 2 aliphatic rings. The number of nitrogens with zero attached hydrogens (tertiary/aromatic N) is 3. The Bertz CT molecular complexity index is 1060. The molecule has 0 amide bonds. The molecular weight excluding hydrogens is 412 g/mol. The van der Waals surface area contributed by atoms with Crippen LogP contribution in [0.15, 0.2) is 35.0 Å². The lowest BCUT2D eigenvalue weighted by atomic mass is 10.2. The zero-order valence-corrected chi connectivity index (χ0v) is 16.7. The minimum Gasteiger partial charge on any atom is -0.473 e. The summed E-state index contributed by atoms with van der Waals surface area (Å²) in [5.41, 5.74) is -0.278. The summed E-state index contributed by atoms with van der Waals surface area (Å²) in [5.74, 6) is -1.87. The lowest BCUT2D eigenvalue weighted by Crippen LogP contribution is -2.40. The lowest BCUT2D eigenvalue weighted by molar-refractivity contribution is 0.0269. The second-order valence-corrected chi connectivity index (χ2v) is 6.98. The van der Waals surface area contributed by atoms with E-state index in [1.807, 2.05) is 4.90 Å². The molecule has 0 radical (unpaired) electrons. The second kappa shape index (κ2) is 8.72. The lowest BCUT2D eigenvalue weighted by Gasteiger charge is -2.30. The number of nitrogens with one attached hydrogen (secondary N) is 2. The van der Waals surface area contributed by atoms with E-state index in [2.05, 4.69) is 10.3 Å². The predicted octanol–water partition coefficient (Wildman–Crippen LogP) is 1.76. The van der Waals surface area contributed by atoms with Gasteiger partial charge in [-0.3, -0.25) is 4.57 Å². The van der Waals surface area contributed by atoms with Crippen LogP contribution < -0.4 is 25.4 Å². The molecule has 0 aliphatic carbocycles. The highest BCUT2D eigenvalue weighted by Crippen LogP contribution is 2.30. The fourth-order valence-electron chi connectivity index (χ4n) is 3.53. The summed E-state index contributed by atoms with van der Waals surface area (Å²) < 4.78 is 46.6. The van der Waals surface area contributed by atoms with Crippen LogP contribution in [0.2, 0.25) is 0 Å². The van der Waals surface area contributed by atoms with Crippen LogP contribution in [-0.2, 0) is 17.9 Å². The summed E-state index contributed by atoms with van der Waals surface area (Å²) in [6.45, 7) is 1.60. The van der Waals surface area contributed by atoms with Crippen LogP contribution in [0.25, 0.3) is 0 Å². The maximum absolute atomic E-state index is 14.4. The fourth-order valence-corrected chi connectivity index (χ4v) is 3.53. The Morgan fingerprint density at radius 2 is 2.16 bits per heavy atom. The smallest absolute Gasteiger partial charge is 0.352 e. The normalized spacial score (nSPS) is 17.7. The van der Waals surface area contributed by atoms with Crippen LogP contribution in [0.5, 0.6) is 11.6 Å². The van der Waals surface area contributed by atoms with E-state index < -0.39 is 23.1 Å². The summed E-state index contributed by atoms with van der Waals surface area (Å²) in [7, 11) is 1.57. The van der Waals surface area contributed by atoms with E-state index in [4.69, 9.17) is 19.6 Å². The first-order valence-electron chi connectivity index (χ1n) is 9.66. The standard InChI is InChI=1S/C20H21F2N5O4/c1-24-9-13(8-23)31-19-14(21)5-12(6-15(19)22)11-30-16-7-17-26-3-2-4-29-18(26)10-27(17)20(28)25-16/h5-9,18,23-24H,2-4,10-11H2,1H3/b13-9+,23-8?. The van der Waals surface area contributed by atoms with Gasteiger partial charge in [0.25, 0.3) is 0 Å². The molecule has 1 aromatic carbocycles. The topological polar surface area (TPSA) is 102 Å². The Morgan fingerprint density at radius 1 is 1.39 bits per heavy atom. The Morgan fingerprint density at radius 3 is 2.87 bits per heavy atom. The van der Waals surface area contributed by atoms with Crippen LogP contribution in [-0.4, -0.2) is 42.2 Å². The van der Waals surface area contributed by atoms with Crippen LogP contribution in [0.3, 0.4) is 0 Å². The molecule has 1 unspecified atom stereocenters. The summed E-state index contributed by atoms with van der Waals surface area (Å²) in [4.78, 5) is 18.2. The van der Waals surface area contributed by atoms with E-state index in [1.54, 1.807) is 13.1 Å². The van der Waals surface area contributed by atoms with Crippen molar-refractivity contribution in [2.75, 3.05) is 25.1 Å². The van der Waals surface area contributed by atoms with Gasteiger partial charge in [0.05, 0.1) is 19.4 Å². The number of benzene rings is 1. The largest absolute Gasteiger partial charge is 0.473 e. The molecule has 164 valence electrons. The fraction of sp³-hybridized carbons (Fsp3) is 0.350. The molecular formula is C20H21F2N5O4. The van der Waals surface area contributed by atoms with Crippen molar-refractivity contribution in [1.29, 1.82) is 5.41 Å². The third kappa shape index (κ3) is 4.22. The minimum atomic E-state index is -0.947. The molecule has 9 nitrogen and oxygen atoms in total. The van der Waals surface area contributed by atoms with Crippen LogP contribution in [0.1, 0.15) is 12.0 Å². The summed E-state index contributed by atoms with van der Waals surface area (Å²) in [5, 5.41) is 9.83. The molecule has 0 saturated carbocycles. The summed E-state index contributed by atoms with van der Waals surface area (Å²) in [6.07, 6.45) is 2.76. The van der Waals surface area contributed by atoms with Crippen molar-refractivity contribution >= 4 is 12.0 Å². The van der Waals surface area contributed by atoms with E-state index in [9.17, 15) is 13.6 Å². The van der Waals surface area contributed by atoms with E-state index in [0.29, 0.717) is 19.0 Å². The van der Waals surface area contributed by atoms with Crippen molar-refractivity contribution < 1.29 is 23.0 Å². The molecule has 1 saturated heterocycles. The molecule has 0 spiro atoms. The van der Waals surface area contributed by atoms with Gasteiger partial charge in [-0.05, 0) is 24.1 Å². The van der Waals surface area contributed by atoms with Gasteiger partial charge in [0, 0.05) is 25.9 Å². The zero-order valence-electron chi connectivity index (χ0n) is 16.7. The highest BCUT2D eigenvalue weighted by Gasteiger charge is 2.33. The number of hydrogen-bond donors (Lipinski definition) is 2. The number of hydrogen-bond acceptors (Lipinski definition) is 8. The second-order valence-electron chi connectivity index (χ2n) is 6.98. The SMILES string of the molecule is CN/C=C(\C=N)Oc1c(F)cc(COc2cc3n(c(=O)n2)CC2OCCCN32)cc1F. The van der Waals surface area contributed by atoms with E-state index in [0.717, 1.165) is 31.3 Å². The first-order chi connectivity index (χ1) is 15.0. The average molecular weight is 433 g/mol. The molecule has 2 aliphatic heterocycles. The molecule has 1 atom stereocenters. The molecule has 2 aromatic rings. The van der Waals surface area contributed by atoms with Crippen LogP contribution in [0, 0.1) is 17.0 Å². The number of halogens is 2. The Labute approximate surface area is 176 Å². The number of aromatic nitrogens is 2. The highest BCUT2D eigenvalue weighted by molar-refractivity contribution is 5.73. The van der Waals surface area contributed by atoms with Crippen molar-refractivity contribution in [1.82, 2.24) is 14.9 Å². The molecule has 3 heterocycles. The molecule has 4 rings (SSSR count). The third-order valence-electron chi connectivity index (χ3n) is 4.89. The monoisotopic (exact) mass is 433 g/mol. The van der Waals surface area contributed by atoms with E-state index >= 15 is 0 Å². The van der Waals surface area contributed by atoms with Gasteiger partial charge in [-0.25, -0.2) is 13.6 Å². The van der Waals surface area contributed by atoms with Gasteiger partial charge in [-0.1, -0.05) is 0 Å². The van der Waals surface area contributed by atoms with Crippen LogP contribution >= 0.6 is 0 Å². The molecule has 2 N–H and O–H groups in total. The predicted molar refractivity (Wildman–Crippen MR) is 107 cm³/mol. The molecule has 0 bridgehead atoms. The Balaban J connectivity index is 1.50. The average Bonchev–Trinajstić information content (AvgIpc) is 3.13. The number of fused-ring (bicyclic) bond motifs is 3. The van der Waals surface area contributed by atoms with E-state index in [1.165, 1.54) is 10.8 Å². The number of allylic oxidation sites excluding steroid dienone is 1. The maximum Gasteiger partial charge on any atom is 0.352 e.